The molecule has 0 aliphatic carbocycles. The monoisotopic (exact) mass is 365 g/mol. The van der Waals surface area contributed by atoms with Gasteiger partial charge in [0.25, 0.3) is 5.91 Å². The first-order chi connectivity index (χ1) is 12.8. The van der Waals surface area contributed by atoms with Crippen LogP contribution in [0.15, 0.2) is 55.0 Å². The number of imidazole rings is 1. The summed E-state index contributed by atoms with van der Waals surface area (Å²) in [5, 5.41) is 0. The molecule has 0 N–H and O–H groups in total. The zero-order chi connectivity index (χ0) is 19.6. The van der Waals surface area contributed by atoms with E-state index in [1.165, 1.54) is 12.1 Å². The largest absolute Gasteiger partial charge is 0.340 e. The standard InChI is InChI=1S/C22H24FN3O/c1-15(2)26(22(27)21-13-25(4)14-24-21)12-17-6-5-16(3)20(11-17)18-7-9-19(23)10-8-18/h5-11,13-15H,12H2,1-4H3. The van der Waals surface area contributed by atoms with Crippen molar-refractivity contribution in [3.05, 3.63) is 77.6 Å². The minimum atomic E-state index is -0.250. The van der Waals surface area contributed by atoms with E-state index in [2.05, 4.69) is 11.1 Å². The zero-order valence-electron chi connectivity index (χ0n) is 16.1. The molecule has 0 atom stereocenters. The number of aromatic nitrogens is 2. The molecule has 0 bridgehead atoms. The van der Waals surface area contributed by atoms with Crippen molar-refractivity contribution in [3.63, 3.8) is 0 Å². The Kier molecular flexibility index (Phi) is 5.40. The molecule has 0 spiro atoms. The van der Waals surface area contributed by atoms with E-state index in [9.17, 15) is 9.18 Å². The fourth-order valence-electron chi connectivity index (χ4n) is 3.06. The maximum absolute atomic E-state index is 13.2. The first-order valence-electron chi connectivity index (χ1n) is 8.99. The molecule has 0 aliphatic rings. The summed E-state index contributed by atoms with van der Waals surface area (Å²) in [5.74, 6) is -0.339. The van der Waals surface area contributed by atoms with Crippen LogP contribution in [-0.2, 0) is 13.6 Å². The van der Waals surface area contributed by atoms with E-state index < -0.39 is 0 Å². The van der Waals surface area contributed by atoms with Crippen LogP contribution in [0.1, 0.15) is 35.5 Å². The average molecular weight is 365 g/mol. The van der Waals surface area contributed by atoms with Gasteiger partial charge < -0.3 is 9.47 Å². The van der Waals surface area contributed by atoms with Gasteiger partial charge in [-0.25, -0.2) is 9.37 Å². The van der Waals surface area contributed by atoms with E-state index in [0.29, 0.717) is 12.2 Å². The summed E-state index contributed by atoms with van der Waals surface area (Å²) >= 11 is 0. The maximum Gasteiger partial charge on any atom is 0.274 e. The number of hydrogen-bond donors (Lipinski definition) is 0. The number of halogens is 1. The maximum atomic E-state index is 13.2. The van der Waals surface area contributed by atoms with Crippen LogP contribution in [0.2, 0.25) is 0 Å². The molecule has 0 saturated carbocycles. The van der Waals surface area contributed by atoms with Crippen molar-refractivity contribution in [3.8, 4) is 11.1 Å². The van der Waals surface area contributed by atoms with Gasteiger partial charge in [0.05, 0.1) is 6.33 Å². The van der Waals surface area contributed by atoms with E-state index in [-0.39, 0.29) is 17.8 Å². The number of hydrogen-bond acceptors (Lipinski definition) is 2. The van der Waals surface area contributed by atoms with Crippen LogP contribution < -0.4 is 0 Å². The Morgan fingerprint density at radius 2 is 1.89 bits per heavy atom. The number of carbonyl (C=O) groups excluding carboxylic acids is 1. The molecular weight excluding hydrogens is 341 g/mol. The van der Waals surface area contributed by atoms with Crippen LogP contribution in [-0.4, -0.2) is 26.4 Å². The van der Waals surface area contributed by atoms with Crippen molar-refractivity contribution < 1.29 is 9.18 Å². The third-order valence-corrected chi connectivity index (χ3v) is 4.62. The fraction of sp³-hybridized carbons (Fsp3) is 0.273. The lowest BCUT2D eigenvalue weighted by Gasteiger charge is -2.26. The van der Waals surface area contributed by atoms with E-state index in [1.807, 2.05) is 40.0 Å². The Morgan fingerprint density at radius 1 is 1.19 bits per heavy atom. The number of carbonyl (C=O) groups is 1. The molecule has 4 nitrogen and oxygen atoms in total. The van der Waals surface area contributed by atoms with E-state index >= 15 is 0 Å². The quantitative estimate of drug-likeness (QED) is 0.663. The molecule has 0 fully saturated rings. The summed E-state index contributed by atoms with van der Waals surface area (Å²) in [6.45, 7) is 6.51. The molecule has 0 radical (unpaired) electrons. The highest BCUT2D eigenvalue weighted by molar-refractivity contribution is 5.92. The Balaban J connectivity index is 1.89. The summed E-state index contributed by atoms with van der Waals surface area (Å²) in [6.07, 6.45) is 3.36. The molecule has 0 saturated heterocycles. The van der Waals surface area contributed by atoms with Crippen molar-refractivity contribution in [2.75, 3.05) is 0 Å². The molecule has 5 heteroatoms. The minimum absolute atomic E-state index is 0.0371. The number of aryl methyl sites for hydroxylation is 2. The Bertz CT molecular complexity index is 944. The lowest BCUT2D eigenvalue weighted by Crippen LogP contribution is -2.36. The number of rotatable bonds is 5. The first-order valence-corrected chi connectivity index (χ1v) is 8.99. The van der Waals surface area contributed by atoms with E-state index in [4.69, 9.17) is 0 Å². The number of amides is 1. The lowest BCUT2D eigenvalue weighted by atomic mass is 9.97. The Hall–Kier alpha value is -2.95. The smallest absolute Gasteiger partial charge is 0.274 e. The van der Waals surface area contributed by atoms with Crippen LogP contribution in [0, 0.1) is 12.7 Å². The average Bonchev–Trinajstić information content (AvgIpc) is 3.07. The summed E-state index contributed by atoms with van der Waals surface area (Å²) in [4.78, 5) is 18.9. The molecular formula is C22H24FN3O. The predicted octanol–water partition coefficient (Wildman–Crippen LogP) is 4.59. The van der Waals surface area contributed by atoms with Gasteiger partial charge in [0.1, 0.15) is 11.5 Å². The van der Waals surface area contributed by atoms with Crippen LogP contribution in [0.4, 0.5) is 4.39 Å². The number of benzene rings is 2. The molecule has 0 unspecified atom stereocenters. The molecule has 1 aromatic heterocycles. The van der Waals surface area contributed by atoms with Crippen LogP contribution in [0.5, 0.6) is 0 Å². The normalized spacial score (nSPS) is 11.0. The lowest BCUT2D eigenvalue weighted by molar-refractivity contribution is 0.0684. The second kappa shape index (κ2) is 7.74. The van der Waals surface area contributed by atoms with Gasteiger partial charge in [0.15, 0.2) is 0 Å². The molecule has 2 aromatic carbocycles. The predicted molar refractivity (Wildman–Crippen MR) is 105 cm³/mol. The van der Waals surface area contributed by atoms with Gasteiger partial charge in [0, 0.05) is 25.8 Å². The van der Waals surface area contributed by atoms with Crippen molar-refractivity contribution in [2.24, 2.45) is 7.05 Å². The molecule has 1 heterocycles. The summed E-state index contributed by atoms with van der Waals surface area (Å²) in [5.41, 5.74) is 4.58. The Morgan fingerprint density at radius 3 is 2.48 bits per heavy atom. The van der Waals surface area contributed by atoms with Crippen molar-refractivity contribution in [1.82, 2.24) is 14.5 Å². The molecule has 1 amide bonds. The second-order valence-corrected chi connectivity index (χ2v) is 7.11. The topological polar surface area (TPSA) is 38.1 Å². The minimum Gasteiger partial charge on any atom is -0.340 e. The third kappa shape index (κ3) is 4.25. The fourth-order valence-corrected chi connectivity index (χ4v) is 3.06. The van der Waals surface area contributed by atoms with Gasteiger partial charge in [-0.1, -0.05) is 24.3 Å². The molecule has 27 heavy (non-hydrogen) atoms. The van der Waals surface area contributed by atoms with Gasteiger partial charge in [-0.2, -0.15) is 0 Å². The third-order valence-electron chi connectivity index (χ3n) is 4.62. The highest BCUT2D eigenvalue weighted by atomic mass is 19.1. The van der Waals surface area contributed by atoms with Gasteiger partial charge in [-0.15, -0.1) is 0 Å². The van der Waals surface area contributed by atoms with Crippen molar-refractivity contribution in [1.29, 1.82) is 0 Å². The zero-order valence-corrected chi connectivity index (χ0v) is 16.1. The van der Waals surface area contributed by atoms with E-state index in [1.54, 1.807) is 34.1 Å². The highest BCUT2D eigenvalue weighted by Gasteiger charge is 2.21. The van der Waals surface area contributed by atoms with Crippen LogP contribution in [0.3, 0.4) is 0 Å². The number of nitrogens with zero attached hydrogens (tertiary/aromatic N) is 3. The summed E-state index contributed by atoms with van der Waals surface area (Å²) in [6, 6.07) is 12.7. The van der Waals surface area contributed by atoms with Crippen LogP contribution in [0.25, 0.3) is 11.1 Å². The molecule has 0 aliphatic heterocycles. The van der Waals surface area contributed by atoms with Gasteiger partial charge in [-0.05, 0) is 61.2 Å². The first kappa shape index (κ1) is 18.8. The highest BCUT2D eigenvalue weighted by Crippen LogP contribution is 2.26. The van der Waals surface area contributed by atoms with Crippen molar-refractivity contribution in [2.45, 2.75) is 33.4 Å². The summed E-state index contributed by atoms with van der Waals surface area (Å²) in [7, 11) is 1.85. The van der Waals surface area contributed by atoms with Gasteiger partial charge >= 0.3 is 0 Å². The molecule has 3 aromatic rings. The SMILES string of the molecule is Cc1ccc(CN(C(=O)c2cn(C)cn2)C(C)C)cc1-c1ccc(F)cc1. The van der Waals surface area contributed by atoms with Crippen molar-refractivity contribution >= 4 is 5.91 Å². The van der Waals surface area contributed by atoms with Gasteiger partial charge in [0.2, 0.25) is 0 Å². The van der Waals surface area contributed by atoms with Crippen LogP contribution >= 0.6 is 0 Å². The molecule has 3 rings (SSSR count). The van der Waals surface area contributed by atoms with E-state index in [0.717, 1.165) is 22.3 Å². The summed E-state index contributed by atoms with van der Waals surface area (Å²) < 4.78 is 15.0. The Labute approximate surface area is 159 Å². The molecule has 140 valence electrons. The van der Waals surface area contributed by atoms with Gasteiger partial charge in [-0.3, -0.25) is 4.79 Å². The second-order valence-electron chi connectivity index (χ2n) is 7.11.